The molecule has 2 aromatic rings. The van der Waals surface area contributed by atoms with E-state index in [-0.39, 0.29) is 0 Å². The molecule has 0 aromatic carbocycles. The van der Waals surface area contributed by atoms with E-state index in [1.165, 1.54) is 11.3 Å². The van der Waals surface area contributed by atoms with Crippen molar-refractivity contribution < 1.29 is 5.11 Å². The highest BCUT2D eigenvalue weighted by atomic mass is 79.9. The first-order valence-corrected chi connectivity index (χ1v) is 7.01. The zero-order chi connectivity index (χ0) is 11.5. The van der Waals surface area contributed by atoms with Crippen LogP contribution < -0.4 is 0 Å². The van der Waals surface area contributed by atoms with Crippen LogP contribution in [0.5, 0.6) is 0 Å². The summed E-state index contributed by atoms with van der Waals surface area (Å²) in [4.78, 5) is 8.33. The van der Waals surface area contributed by atoms with Gasteiger partial charge < -0.3 is 5.11 Å². The Labute approximate surface area is 114 Å². The predicted octanol–water partition coefficient (Wildman–Crippen LogP) is 3.34. The van der Waals surface area contributed by atoms with Crippen LogP contribution in [0.2, 0.25) is 0 Å². The number of aliphatic hydroxyl groups is 1. The van der Waals surface area contributed by atoms with E-state index in [0.29, 0.717) is 12.1 Å². The molecule has 0 radical (unpaired) electrons. The van der Waals surface area contributed by atoms with Gasteiger partial charge in [-0.1, -0.05) is 0 Å². The lowest BCUT2D eigenvalue weighted by molar-refractivity contribution is 0.172. The highest BCUT2D eigenvalue weighted by Crippen LogP contribution is 2.26. The second-order valence-electron chi connectivity index (χ2n) is 3.17. The first-order valence-electron chi connectivity index (χ1n) is 4.54. The molecule has 0 aliphatic carbocycles. The van der Waals surface area contributed by atoms with Gasteiger partial charge in [-0.3, -0.25) is 4.98 Å². The molecule has 2 aromatic heterocycles. The second kappa shape index (κ2) is 5.35. The monoisotopic (exact) mass is 362 g/mol. The van der Waals surface area contributed by atoms with Gasteiger partial charge >= 0.3 is 0 Å². The van der Waals surface area contributed by atoms with E-state index >= 15 is 0 Å². The smallest absolute Gasteiger partial charge is 0.103 e. The van der Waals surface area contributed by atoms with E-state index in [1.54, 1.807) is 12.4 Å². The number of aromatic nitrogens is 2. The standard InChI is InChI=1S/C10H8Br2N2OS/c11-6-3-7(12)10(14-5-6)8(15)4-9-13-1-2-16-9/h1-3,5,8,15H,4H2. The maximum Gasteiger partial charge on any atom is 0.103 e. The summed E-state index contributed by atoms with van der Waals surface area (Å²) in [5, 5.41) is 12.8. The van der Waals surface area contributed by atoms with Crippen LogP contribution in [0.4, 0.5) is 0 Å². The minimum atomic E-state index is -0.631. The number of halogens is 2. The van der Waals surface area contributed by atoms with Crippen LogP contribution in [0, 0.1) is 0 Å². The van der Waals surface area contributed by atoms with Crippen LogP contribution in [0.1, 0.15) is 16.8 Å². The summed E-state index contributed by atoms with van der Waals surface area (Å²) in [6, 6.07) is 1.87. The molecular weight excluding hydrogens is 356 g/mol. The van der Waals surface area contributed by atoms with Gasteiger partial charge in [0, 0.05) is 33.1 Å². The van der Waals surface area contributed by atoms with Crippen molar-refractivity contribution >= 4 is 43.2 Å². The quantitative estimate of drug-likeness (QED) is 0.909. The van der Waals surface area contributed by atoms with E-state index < -0.39 is 6.10 Å². The Morgan fingerprint density at radius 1 is 1.38 bits per heavy atom. The Hall–Kier alpha value is -0.300. The van der Waals surface area contributed by atoms with Crippen LogP contribution in [-0.4, -0.2) is 15.1 Å². The summed E-state index contributed by atoms with van der Waals surface area (Å²) in [5.41, 5.74) is 0.637. The van der Waals surface area contributed by atoms with Crippen molar-refractivity contribution in [2.24, 2.45) is 0 Å². The Morgan fingerprint density at radius 2 is 2.19 bits per heavy atom. The third-order valence-corrected chi connectivity index (χ3v) is 3.87. The zero-order valence-electron chi connectivity index (χ0n) is 8.10. The third kappa shape index (κ3) is 2.88. The van der Waals surface area contributed by atoms with Crippen LogP contribution in [0.15, 0.2) is 32.8 Å². The van der Waals surface area contributed by atoms with Gasteiger partial charge in [-0.2, -0.15) is 0 Å². The lowest BCUT2D eigenvalue weighted by Gasteiger charge is -2.10. The molecular formula is C10H8Br2N2OS. The normalized spacial score (nSPS) is 12.7. The minimum Gasteiger partial charge on any atom is -0.386 e. The molecule has 16 heavy (non-hydrogen) atoms. The summed E-state index contributed by atoms with van der Waals surface area (Å²) in [7, 11) is 0. The Morgan fingerprint density at radius 3 is 2.81 bits per heavy atom. The van der Waals surface area contributed by atoms with E-state index in [4.69, 9.17) is 0 Å². The summed E-state index contributed by atoms with van der Waals surface area (Å²) in [6.07, 6.45) is 3.26. The number of aliphatic hydroxyl groups excluding tert-OH is 1. The molecule has 0 spiro atoms. The van der Waals surface area contributed by atoms with E-state index in [9.17, 15) is 5.11 Å². The van der Waals surface area contributed by atoms with Gasteiger partial charge in [0.05, 0.1) is 10.7 Å². The maximum atomic E-state index is 10.0. The number of rotatable bonds is 3. The van der Waals surface area contributed by atoms with E-state index in [1.807, 2.05) is 11.4 Å². The fourth-order valence-corrected chi connectivity index (χ4v) is 3.19. The Kier molecular flexibility index (Phi) is 4.07. The number of thiazole rings is 1. The number of pyridine rings is 1. The Bertz CT molecular complexity index is 476. The first kappa shape index (κ1) is 12.2. The molecule has 0 aliphatic rings. The molecule has 1 N–H and O–H groups in total. The molecule has 0 bridgehead atoms. The molecule has 3 nitrogen and oxygen atoms in total. The van der Waals surface area contributed by atoms with Crippen LogP contribution in [0.25, 0.3) is 0 Å². The largest absolute Gasteiger partial charge is 0.386 e. The van der Waals surface area contributed by atoms with Crippen molar-refractivity contribution in [3.63, 3.8) is 0 Å². The van der Waals surface area contributed by atoms with Crippen LogP contribution >= 0.6 is 43.2 Å². The molecule has 0 saturated heterocycles. The highest BCUT2D eigenvalue weighted by Gasteiger charge is 2.15. The minimum absolute atomic E-state index is 0.491. The zero-order valence-corrected chi connectivity index (χ0v) is 12.1. The predicted molar refractivity (Wildman–Crippen MR) is 70.4 cm³/mol. The molecule has 1 atom stereocenters. The molecule has 2 rings (SSSR count). The summed E-state index contributed by atoms with van der Waals surface area (Å²) >= 11 is 8.24. The molecule has 0 aliphatic heterocycles. The van der Waals surface area contributed by atoms with Crippen molar-refractivity contribution in [1.29, 1.82) is 0 Å². The first-order chi connectivity index (χ1) is 7.66. The molecule has 1 unspecified atom stereocenters. The van der Waals surface area contributed by atoms with Gasteiger partial charge in [0.1, 0.15) is 6.10 Å². The number of nitrogens with zero attached hydrogens (tertiary/aromatic N) is 2. The number of hydrogen-bond acceptors (Lipinski definition) is 4. The van der Waals surface area contributed by atoms with E-state index in [0.717, 1.165) is 14.0 Å². The second-order valence-corrected chi connectivity index (χ2v) is 5.92. The summed E-state index contributed by atoms with van der Waals surface area (Å²) in [5.74, 6) is 0. The van der Waals surface area contributed by atoms with Crippen molar-refractivity contribution in [3.05, 3.63) is 43.5 Å². The maximum absolute atomic E-state index is 10.0. The highest BCUT2D eigenvalue weighted by molar-refractivity contribution is 9.11. The Balaban J connectivity index is 2.17. The van der Waals surface area contributed by atoms with Crippen molar-refractivity contribution in [2.75, 3.05) is 0 Å². The topological polar surface area (TPSA) is 46.0 Å². The molecule has 2 heterocycles. The third-order valence-electron chi connectivity index (χ3n) is 2.00. The summed E-state index contributed by atoms with van der Waals surface area (Å²) in [6.45, 7) is 0. The summed E-state index contributed by atoms with van der Waals surface area (Å²) < 4.78 is 1.68. The molecule has 0 fully saturated rings. The van der Waals surface area contributed by atoms with Crippen molar-refractivity contribution in [2.45, 2.75) is 12.5 Å². The van der Waals surface area contributed by atoms with Gasteiger partial charge in [-0.25, -0.2) is 4.98 Å². The lowest BCUT2D eigenvalue weighted by atomic mass is 10.2. The fourth-order valence-electron chi connectivity index (χ4n) is 1.29. The molecule has 84 valence electrons. The van der Waals surface area contributed by atoms with Gasteiger partial charge in [0.15, 0.2) is 0 Å². The molecule has 0 saturated carbocycles. The van der Waals surface area contributed by atoms with E-state index in [2.05, 4.69) is 41.8 Å². The van der Waals surface area contributed by atoms with Gasteiger partial charge in [-0.15, -0.1) is 11.3 Å². The lowest BCUT2D eigenvalue weighted by Crippen LogP contribution is -2.04. The molecule has 6 heteroatoms. The average molecular weight is 364 g/mol. The van der Waals surface area contributed by atoms with Gasteiger partial charge in [0.25, 0.3) is 0 Å². The van der Waals surface area contributed by atoms with Crippen molar-refractivity contribution in [1.82, 2.24) is 9.97 Å². The van der Waals surface area contributed by atoms with Gasteiger partial charge in [-0.05, 0) is 37.9 Å². The number of hydrogen-bond donors (Lipinski definition) is 1. The van der Waals surface area contributed by atoms with Crippen LogP contribution in [0.3, 0.4) is 0 Å². The SMILES string of the molecule is OC(Cc1nccs1)c1ncc(Br)cc1Br. The average Bonchev–Trinajstić information content (AvgIpc) is 2.70. The fraction of sp³-hybridized carbons (Fsp3) is 0.200. The van der Waals surface area contributed by atoms with Crippen molar-refractivity contribution in [3.8, 4) is 0 Å². The van der Waals surface area contributed by atoms with Gasteiger partial charge in [0.2, 0.25) is 0 Å². The van der Waals surface area contributed by atoms with Crippen LogP contribution in [-0.2, 0) is 6.42 Å². The molecule has 0 amide bonds.